The molecule has 0 spiro atoms. The minimum absolute atomic E-state index is 0.141. The largest absolute Gasteiger partial charge is 0.136 e. The predicted octanol–water partition coefficient (Wildman–Crippen LogP) is 5.61. The fraction of sp³-hybridized carbons (Fsp3) is 0.455. The summed E-state index contributed by atoms with van der Waals surface area (Å²) in [6.07, 6.45) is 3.23. The molecule has 0 N–H and O–H groups in total. The number of halogens is 4. The van der Waals surface area contributed by atoms with E-state index in [-0.39, 0.29) is 2.14 Å². The second-order valence-electron chi connectivity index (χ2n) is 3.44. The summed E-state index contributed by atoms with van der Waals surface area (Å²) in [6, 6.07) is 10.6. The van der Waals surface area contributed by atoms with Crippen molar-refractivity contribution in [1.29, 1.82) is 0 Å². The van der Waals surface area contributed by atoms with Gasteiger partial charge in [-0.15, -0.1) is 0 Å². The number of alkyl halides is 4. The number of rotatable bonds is 4. The molecule has 1 aromatic rings. The molecule has 84 valence electrons. The second-order valence-corrected chi connectivity index (χ2v) is 12.0. The van der Waals surface area contributed by atoms with Gasteiger partial charge in [0.2, 0.25) is 0 Å². The number of hydrogen-bond acceptors (Lipinski definition) is 0. The average Bonchev–Trinajstić information content (AvgIpc) is 2.14. The Morgan fingerprint density at radius 1 is 1.07 bits per heavy atom. The molecule has 0 aliphatic carbocycles. The van der Waals surface area contributed by atoms with Gasteiger partial charge < -0.3 is 0 Å². The fourth-order valence-electron chi connectivity index (χ4n) is 1.32. The van der Waals surface area contributed by atoms with E-state index in [4.69, 9.17) is 0 Å². The molecule has 0 aliphatic heterocycles. The third kappa shape index (κ3) is 7.14. The van der Waals surface area contributed by atoms with Crippen LogP contribution in [0.5, 0.6) is 0 Å². The molecule has 0 unspecified atom stereocenters. The zero-order valence-corrected chi connectivity index (χ0v) is 14.4. The molecule has 0 fully saturated rings. The van der Waals surface area contributed by atoms with Gasteiger partial charge in [-0.05, 0) is 24.8 Å². The van der Waals surface area contributed by atoms with Crippen LogP contribution in [0, 0.1) is 0 Å². The van der Waals surface area contributed by atoms with E-state index in [0.29, 0.717) is 4.83 Å². The molecular weight excluding hydrogens is 452 g/mol. The Bertz CT molecular complexity index is 278. The summed E-state index contributed by atoms with van der Waals surface area (Å²) in [5.41, 5.74) is 1.39. The van der Waals surface area contributed by atoms with E-state index >= 15 is 0 Å². The predicted molar refractivity (Wildman–Crippen MR) is 81.6 cm³/mol. The monoisotopic (exact) mass is 460 g/mol. The van der Waals surface area contributed by atoms with Gasteiger partial charge in [0.1, 0.15) is 2.14 Å². The topological polar surface area (TPSA) is 0 Å². The van der Waals surface area contributed by atoms with Gasteiger partial charge in [0.05, 0.1) is 0 Å². The highest BCUT2D eigenvalue weighted by atomic mass is 80.0. The first-order valence-electron chi connectivity index (χ1n) is 4.72. The van der Waals surface area contributed by atoms with Crippen molar-refractivity contribution < 1.29 is 0 Å². The first-order valence-corrected chi connectivity index (χ1v) is 8.01. The van der Waals surface area contributed by atoms with E-state index in [2.05, 4.69) is 94.1 Å². The molecular formula is C11H12Br4. The van der Waals surface area contributed by atoms with Crippen molar-refractivity contribution in [2.75, 3.05) is 0 Å². The molecule has 1 aromatic carbocycles. The standard InChI is InChI=1S/C11H12Br4/c12-10(8-11(13,14)15)7-6-9-4-2-1-3-5-9/h1-5,10H,6-8H2/t10-/m0/s1. The Kier molecular flexibility index (Phi) is 6.41. The number of aryl methyl sites for hydroxylation is 1. The second kappa shape index (κ2) is 6.77. The van der Waals surface area contributed by atoms with Crippen LogP contribution in [0.4, 0.5) is 0 Å². The van der Waals surface area contributed by atoms with E-state index < -0.39 is 0 Å². The van der Waals surface area contributed by atoms with Crippen LogP contribution < -0.4 is 0 Å². The van der Waals surface area contributed by atoms with Gasteiger partial charge in [-0.3, -0.25) is 0 Å². The third-order valence-corrected chi connectivity index (χ3v) is 3.79. The molecule has 0 nitrogen and oxygen atoms in total. The summed E-state index contributed by atoms with van der Waals surface area (Å²) < 4.78 is -0.141. The van der Waals surface area contributed by atoms with E-state index in [1.54, 1.807) is 0 Å². The van der Waals surface area contributed by atoms with Crippen LogP contribution in [0.3, 0.4) is 0 Å². The van der Waals surface area contributed by atoms with Gasteiger partial charge in [-0.25, -0.2) is 0 Å². The van der Waals surface area contributed by atoms with Crippen LogP contribution in [0.15, 0.2) is 30.3 Å². The lowest BCUT2D eigenvalue weighted by atomic mass is 10.1. The smallest absolute Gasteiger partial charge is 0.0889 e. The van der Waals surface area contributed by atoms with Crippen LogP contribution in [-0.4, -0.2) is 6.97 Å². The van der Waals surface area contributed by atoms with Crippen molar-refractivity contribution in [3.05, 3.63) is 35.9 Å². The summed E-state index contributed by atoms with van der Waals surface area (Å²) in [4.78, 5) is 0.496. The van der Waals surface area contributed by atoms with Crippen LogP contribution in [-0.2, 0) is 6.42 Å². The quantitative estimate of drug-likeness (QED) is 0.509. The Morgan fingerprint density at radius 3 is 2.20 bits per heavy atom. The van der Waals surface area contributed by atoms with Gasteiger partial charge in [0.15, 0.2) is 0 Å². The van der Waals surface area contributed by atoms with E-state index in [1.807, 2.05) is 0 Å². The van der Waals surface area contributed by atoms with Crippen molar-refractivity contribution in [3.8, 4) is 0 Å². The van der Waals surface area contributed by atoms with Crippen molar-refractivity contribution in [3.63, 3.8) is 0 Å². The van der Waals surface area contributed by atoms with E-state index in [1.165, 1.54) is 5.56 Å². The number of benzene rings is 1. The van der Waals surface area contributed by atoms with Gasteiger partial charge in [0, 0.05) is 4.83 Å². The van der Waals surface area contributed by atoms with E-state index in [0.717, 1.165) is 19.3 Å². The summed E-state index contributed by atoms with van der Waals surface area (Å²) in [5.74, 6) is 0. The Morgan fingerprint density at radius 2 is 1.67 bits per heavy atom. The van der Waals surface area contributed by atoms with Crippen molar-refractivity contribution in [1.82, 2.24) is 0 Å². The Balaban J connectivity index is 2.32. The fourth-order valence-corrected chi connectivity index (χ4v) is 4.51. The molecule has 1 rings (SSSR count). The summed E-state index contributed by atoms with van der Waals surface area (Å²) in [5, 5.41) is 0. The molecule has 0 saturated carbocycles. The summed E-state index contributed by atoms with van der Waals surface area (Å²) in [7, 11) is 0. The van der Waals surface area contributed by atoms with Gasteiger partial charge in [-0.1, -0.05) is 94.1 Å². The Labute approximate surface area is 125 Å². The summed E-state index contributed by atoms with van der Waals surface area (Å²) in [6.45, 7) is 0. The van der Waals surface area contributed by atoms with Crippen LogP contribution >= 0.6 is 63.7 Å². The molecule has 0 saturated heterocycles. The zero-order chi connectivity index (χ0) is 11.3. The highest BCUT2D eigenvalue weighted by molar-refractivity contribution is 9.39. The molecule has 1 atom stereocenters. The van der Waals surface area contributed by atoms with Gasteiger partial charge in [-0.2, -0.15) is 0 Å². The van der Waals surface area contributed by atoms with Crippen molar-refractivity contribution in [2.24, 2.45) is 0 Å². The molecule has 0 aliphatic rings. The summed E-state index contributed by atoms with van der Waals surface area (Å²) >= 11 is 14.2. The maximum absolute atomic E-state index is 3.68. The molecule has 4 heteroatoms. The lowest BCUT2D eigenvalue weighted by Crippen LogP contribution is -2.10. The highest BCUT2D eigenvalue weighted by Gasteiger charge is 2.21. The van der Waals surface area contributed by atoms with Crippen LogP contribution in [0.25, 0.3) is 0 Å². The average molecular weight is 464 g/mol. The normalized spacial score (nSPS) is 13.9. The van der Waals surface area contributed by atoms with Crippen LogP contribution in [0.1, 0.15) is 18.4 Å². The SMILES string of the molecule is Br[C@@H](CCc1ccccc1)CC(Br)(Br)Br. The molecule has 0 radical (unpaired) electrons. The van der Waals surface area contributed by atoms with Gasteiger partial charge in [0.25, 0.3) is 0 Å². The molecule has 0 amide bonds. The first-order chi connectivity index (χ1) is 6.97. The van der Waals surface area contributed by atoms with Gasteiger partial charge >= 0.3 is 0 Å². The van der Waals surface area contributed by atoms with Crippen molar-refractivity contribution in [2.45, 2.75) is 26.2 Å². The maximum Gasteiger partial charge on any atom is 0.136 e. The number of hydrogen-bond donors (Lipinski definition) is 0. The molecule has 0 bridgehead atoms. The lowest BCUT2D eigenvalue weighted by Gasteiger charge is -2.16. The maximum atomic E-state index is 3.68. The molecule has 15 heavy (non-hydrogen) atoms. The minimum atomic E-state index is -0.141. The minimum Gasteiger partial charge on any atom is -0.0889 e. The third-order valence-electron chi connectivity index (χ3n) is 2.04. The first kappa shape index (κ1) is 14.2. The Hall–Kier alpha value is 1.14. The molecule has 0 aromatic heterocycles. The molecule has 0 heterocycles. The zero-order valence-electron chi connectivity index (χ0n) is 8.10. The lowest BCUT2D eigenvalue weighted by molar-refractivity contribution is 0.737. The van der Waals surface area contributed by atoms with Crippen LogP contribution in [0.2, 0.25) is 0 Å². The van der Waals surface area contributed by atoms with E-state index in [9.17, 15) is 0 Å². The van der Waals surface area contributed by atoms with Crippen molar-refractivity contribution >= 4 is 63.7 Å². The highest BCUT2D eigenvalue weighted by Crippen LogP contribution is 2.40.